The molecule has 1 N–H and O–H groups in total. The van der Waals surface area contributed by atoms with Gasteiger partial charge in [-0.3, -0.25) is 4.79 Å². The molecule has 4 rings (SSSR count). The summed E-state index contributed by atoms with van der Waals surface area (Å²) in [4.78, 5) is 13.6. The molecule has 176 valence electrons. The van der Waals surface area contributed by atoms with E-state index in [1.54, 1.807) is 0 Å². The zero-order valence-corrected chi connectivity index (χ0v) is 21.1. The standard InChI is InChI=1S/C30H34N2O2/c1-29(2,3)23-16-22(17-24(28(23)34)30(4,5)6)27(33)19-32-20-31(18-21-12-8-7-9-13-21)25-14-10-11-15-26(25)32/h7-17,20H,18-19H2,1-6H3/p+1. The van der Waals surface area contributed by atoms with Gasteiger partial charge in [0.15, 0.2) is 17.6 Å². The van der Waals surface area contributed by atoms with E-state index in [0.29, 0.717) is 11.3 Å². The second kappa shape index (κ2) is 8.75. The van der Waals surface area contributed by atoms with E-state index >= 15 is 0 Å². The van der Waals surface area contributed by atoms with Crippen LogP contribution in [0, 0.1) is 0 Å². The number of nitrogens with zero attached hydrogens (tertiary/aromatic N) is 2. The molecule has 0 aliphatic rings. The fourth-order valence-corrected chi connectivity index (χ4v) is 4.46. The Balaban J connectivity index is 1.74. The summed E-state index contributed by atoms with van der Waals surface area (Å²) in [5, 5.41) is 11.0. The average molecular weight is 456 g/mol. The first-order valence-corrected chi connectivity index (χ1v) is 11.9. The Morgan fingerprint density at radius 2 is 1.41 bits per heavy atom. The highest BCUT2D eigenvalue weighted by molar-refractivity contribution is 5.97. The number of fused-ring (bicyclic) bond motifs is 1. The number of hydrogen-bond acceptors (Lipinski definition) is 2. The number of carbonyl (C=O) groups is 1. The van der Waals surface area contributed by atoms with Crippen LogP contribution in [-0.2, 0) is 23.9 Å². The minimum atomic E-state index is -0.279. The van der Waals surface area contributed by atoms with E-state index in [9.17, 15) is 9.90 Å². The molecule has 0 saturated heterocycles. The summed E-state index contributed by atoms with van der Waals surface area (Å²) in [7, 11) is 0. The lowest BCUT2D eigenvalue weighted by atomic mass is 9.78. The highest BCUT2D eigenvalue weighted by atomic mass is 16.3. The molecule has 0 spiro atoms. The first-order chi connectivity index (χ1) is 15.9. The zero-order chi connectivity index (χ0) is 24.7. The molecule has 0 amide bonds. The molecule has 34 heavy (non-hydrogen) atoms. The fourth-order valence-electron chi connectivity index (χ4n) is 4.46. The molecule has 0 saturated carbocycles. The maximum Gasteiger partial charge on any atom is 0.245 e. The van der Waals surface area contributed by atoms with Gasteiger partial charge in [0.1, 0.15) is 12.3 Å². The van der Waals surface area contributed by atoms with Crippen molar-refractivity contribution in [2.75, 3.05) is 0 Å². The van der Waals surface area contributed by atoms with Gasteiger partial charge in [-0.2, -0.15) is 0 Å². The van der Waals surface area contributed by atoms with Crippen molar-refractivity contribution in [3.8, 4) is 5.75 Å². The van der Waals surface area contributed by atoms with Crippen LogP contribution in [-0.4, -0.2) is 15.5 Å². The number of rotatable bonds is 5. The topological polar surface area (TPSA) is 46.1 Å². The van der Waals surface area contributed by atoms with E-state index in [4.69, 9.17) is 0 Å². The number of phenols is 1. The predicted octanol–water partition coefficient (Wildman–Crippen LogP) is 6.16. The molecule has 0 fully saturated rings. The average Bonchev–Trinajstić information content (AvgIpc) is 3.10. The minimum absolute atomic E-state index is 0.0311. The lowest BCUT2D eigenvalue weighted by Crippen LogP contribution is -2.33. The van der Waals surface area contributed by atoms with Gasteiger partial charge < -0.3 is 5.11 Å². The van der Waals surface area contributed by atoms with Crippen LogP contribution in [0.2, 0.25) is 0 Å². The Morgan fingerprint density at radius 1 is 0.853 bits per heavy atom. The first kappa shape index (κ1) is 23.7. The number of Topliss-reactive ketones (excluding diaryl/α,β-unsaturated/α-hetero) is 1. The smallest absolute Gasteiger partial charge is 0.245 e. The van der Waals surface area contributed by atoms with Crippen molar-refractivity contribution in [2.45, 2.75) is 65.5 Å². The molecule has 4 heteroatoms. The zero-order valence-electron chi connectivity index (χ0n) is 21.1. The van der Waals surface area contributed by atoms with E-state index in [0.717, 1.165) is 28.7 Å². The highest BCUT2D eigenvalue weighted by Crippen LogP contribution is 2.40. The summed E-state index contributed by atoms with van der Waals surface area (Å²) in [6, 6.07) is 22.3. The number of aromatic hydroxyl groups is 1. The second-order valence-corrected chi connectivity index (χ2v) is 11.2. The lowest BCUT2D eigenvalue weighted by Gasteiger charge is -2.28. The third kappa shape index (κ3) is 4.77. The van der Waals surface area contributed by atoms with Crippen LogP contribution >= 0.6 is 0 Å². The van der Waals surface area contributed by atoms with Gasteiger partial charge in [-0.15, -0.1) is 0 Å². The normalized spacial score (nSPS) is 12.3. The van der Waals surface area contributed by atoms with Crippen LogP contribution < -0.4 is 4.57 Å². The molecular weight excluding hydrogens is 420 g/mol. The van der Waals surface area contributed by atoms with Gasteiger partial charge in [-0.1, -0.05) is 84.0 Å². The van der Waals surface area contributed by atoms with Crippen molar-refractivity contribution < 1.29 is 14.5 Å². The molecule has 0 radical (unpaired) electrons. The van der Waals surface area contributed by atoms with Crippen LogP contribution in [0.1, 0.15) is 68.6 Å². The quantitative estimate of drug-likeness (QED) is 0.289. The van der Waals surface area contributed by atoms with Crippen molar-refractivity contribution >= 4 is 16.8 Å². The summed E-state index contributed by atoms with van der Waals surface area (Å²) in [6.45, 7) is 13.4. The molecule has 4 nitrogen and oxygen atoms in total. The predicted molar refractivity (Wildman–Crippen MR) is 138 cm³/mol. The van der Waals surface area contributed by atoms with Gasteiger partial charge in [-0.05, 0) is 40.7 Å². The molecule has 1 heterocycles. The van der Waals surface area contributed by atoms with Gasteiger partial charge in [0.2, 0.25) is 12.1 Å². The molecule has 4 aromatic rings. The van der Waals surface area contributed by atoms with Crippen molar-refractivity contribution in [3.05, 3.63) is 95.3 Å². The van der Waals surface area contributed by atoms with Gasteiger partial charge in [0.05, 0.1) is 0 Å². The van der Waals surface area contributed by atoms with Crippen LogP contribution in [0.25, 0.3) is 11.0 Å². The van der Waals surface area contributed by atoms with Gasteiger partial charge in [0, 0.05) is 16.7 Å². The molecule has 0 unspecified atom stereocenters. The van der Waals surface area contributed by atoms with Crippen molar-refractivity contribution in [2.24, 2.45) is 0 Å². The van der Waals surface area contributed by atoms with Gasteiger partial charge >= 0.3 is 0 Å². The maximum atomic E-state index is 13.6. The Morgan fingerprint density at radius 3 is 2.00 bits per heavy atom. The van der Waals surface area contributed by atoms with Crippen LogP contribution in [0.4, 0.5) is 0 Å². The van der Waals surface area contributed by atoms with Crippen LogP contribution in [0.3, 0.4) is 0 Å². The van der Waals surface area contributed by atoms with E-state index < -0.39 is 0 Å². The molecule has 0 atom stereocenters. The molecule has 0 aliphatic carbocycles. The number of aromatic nitrogens is 2. The van der Waals surface area contributed by atoms with Crippen molar-refractivity contribution in [3.63, 3.8) is 0 Å². The van der Waals surface area contributed by atoms with E-state index in [2.05, 4.69) is 70.4 Å². The highest BCUT2D eigenvalue weighted by Gasteiger charge is 2.28. The summed E-state index contributed by atoms with van der Waals surface area (Å²) in [5.41, 5.74) is 5.02. The Bertz CT molecular complexity index is 1300. The number of imidazole rings is 1. The number of benzene rings is 3. The number of para-hydroxylation sites is 2. The molecule has 1 aromatic heterocycles. The number of phenolic OH excluding ortho intramolecular Hbond substituents is 1. The third-order valence-corrected chi connectivity index (χ3v) is 6.34. The maximum absolute atomic E-state index is 13.6. The third-order valence-electron chi connectivity index (χ3n) is 6.34. The molecule has 0 bridgehead atoms. The Kier molecular flexibility index (Phi) is 6.11. The van der Waals surface area contributed by atoms with E-state index in [-0.39, 0.29) is 23.2 Å². The number of carbonyl (C=O) groups excluding carboxylic acids is 1. The largest absolute Gasteiger partial charge is 0.507 e. The molecule has 3 aromatic carbocycles. The van der Waals surface area contributed by atoms with Crippen molar-refractivity contribution in [1.29, 1.82) is 0 Å². The number of hydrogen-bond donors (Lipinski definition) is 1. The van der Waals surface area contributed by atoms with Crippen molar-refractivity contribution in [1.82, 2.24) is 4.57 Å². The minimum Gasteiger partial charge on any atom is -0.507 e. The van der Waals surface area contributed by atoms with E-state index in [1.807, 2.05) is 53.4 Å². The van der Waals surface area contributed by atoms with Gasteiger partial charge in [-0.25, -0.2) is 9.13 Å². The Hall–Kier alpha value is -3.40. The van der Waals surface area contributed by atoms with Crippen LogP contribution in [0.15, 0.2) is 73.1 Å². The molecule has 0 aliphatic heterocycles. The van der Waals surface area contributed by atoms with Crippen LogP contribution in [0.5, 0.6) is 5.75 Å². The summed E-state index contributed by atoms with van der Waals surface area (Å²) < 4.78 is 4.22. The number of ketones is 1. The SMILES string of the molecule is CC(C)(C)c1cc(C(=O)Cn2c[n+](Cc3ccccc3)c3ccccc32)cc(C(C)(C)C)c1O. The lowest BCUT2D eigenvalue weighted by molar-refractivity contribution is -0.663. The van der Waals surface area contributed by atoms with Gasteiger partial charge in [0.25, 0.3) is 0 Å². The first-order valence-electron chi connectivity index (χ1n) is 11.9. The molecular formula is C30H35N2O2+. The van der Waals surface area contributed by atoms with E-state index in [1.165, 1.54) is 5.56 Å². The monoisotopic (exact) mass is 455 g/mol. The summed E-state index contributed by atoms with van der Waals surface area (Å²) in [6.07, 6.45) is 2.03. The summed E-state index contributed by atoms with van der Waals surface area (Å²) in [5.74, 6) is 0.326. The second-order valence-electron chi connectivity index (χ2n) is 11.2. The summed E-state index contributed by atoms with van der Waals surface area (Å²) >= 11 is 0. The fraction of sp³-hybridized carbons (Fsp3) is 0.333. The Labute approximate surface area is 202 Å².